The molecular formula is C17H23ClN2O4S. The third kappa shape index (κ3) is 9.09. The number of primary amides is 1. The first-order chi connectivity index (χ1) is 11.7. The first kappa shape index (κ1) is 22.9. The zero-order chi connectivity index (χ0) is 19.5. The molecule has 4 N–H and O–H groups in total. The second-order valence-corrected chi connectivity index (χ2v) is 6.77. The highest BCUT2D eigenvalue weighted by atomic mass is 35.5. The van der Waals surface area contributed by atoms with Crippen molar-refractivity contribution < 1.29 is 17.9 Å². The molecule has 2 aromatic rings. The van der Waals surface area contributed by atoms with Crippen LogP contribution in [0, 0.1) is 0 Å². The Labute approximate surface area is 153 Å². The Morgan fingerprint density at radius 2 is 1.64 bits per heavy atom. The maximum Gasteiger partial charge on any atom is 0.252 e. The smallest absolute Gasteiger partial charge is 0.252 e. The molecule has 6 nitrogen and oxygen atoms in total. The molecule has 0 saturated carbocycles. The van der Waals surface area contributed by atoms with Crippen molar-refractivity contribution in [2.75, 3.05) is 7.11 Å². The Kier molecular flexibility index (Phi) is 10.5. The van der Waals surface area contributed by atoms with Gasteiger partial charge in [0.25, 0.3) is 5.91 Å². The standard InChI is InChI=1S/C8H8ClNO2.C6H7NO2S.C3H8/c1-12-7-3-2-5(9)4-6(7)8(10)11;7-10(8,9)6-4-2-1-3-5-6;1-3-2/h2-4H,1H3,(H2,10,11);1-5H,(H2,7,8,9);3H2,1-2H3. The molecule has 0 aliphatic carbocycles. The van der Waals surface area contributed by atoms with Crippen LogP contribution in [-0.4, -0.2) is 21.4 Å². The molecule has 0 spiro atoms. The molecule has 0 heterocycles. The Morgan fingerprint density at radius 1 is 1.12 bits per heavy atom. The molecule has 0 aliphatic heterocycles. The van der Waals surface area contributed by atoms with Gasteiger partial charge in [-0.25, -0.2) is 13.6 Å². The fraction of sp³-hybridized carbons (Fsp3) is 0.235. The van der Waals surface area contributed by atoms with E-state index in [0.29, 0.717) is 16.3 Å². The Bertz CT molecular complexity index is 765. The van der Waals surface area contributed by atoms with Crippen LogP contribution in [-0.2, 0) is 10.0 Å². The lowest BCUT2D eigenvalue weighted by Gasteiger charge is -2.04. The third-order valence-electron chi connectivity index (χ3n) is 2.50. The summed E-state index contributed by atoms with van der Waals surface area (Å²) in [6.07, 6.45) is 1.25. The van der Waals surface area contributed by atoms with E-state index in [1.807, 2.05) is 0 Å². The van der Waals surface area contributed by atoms with Gasteiger partial charge in [-0.05, 0) is 30.3 Å². The van der Waals surface area contributed by atoms with E-state index in [1.165, 1.54) is 31.7 Å². The zero-order valence-electron chi connectivity index (χ0n) is 14.4. The number of carbonyl (C=O) groups excluding carboxylic acids is 1. The highest BCUT2D eigenvalue weighted by molar-refractivity contribution is 7.89. The first-order valence-electron chi connectivity index (χ1n) is 7.38. The molecule has 0 aliphatic rings. The maximum atomic E-state index is 10.8. The topological polar surface area (TPSA) is 112 Å². The summed E-state index contributed by atoms with van der Waals surface area (Å²) in [6.45, 7) is 4.25. The third-order valence-corrected chi connectivity index (χ3v) is 3.66. The number of nitrogens with two attached hydrogens (primary N) is 2. The fourth-order valence-electron chi connectivity index (χ4n) is 1.48. The predicted octanol–water partition coefficient (Wildman–Crippen LogP) is 3.20. The van der Waals surface area contributed by atoms with Gasteiger partial charge in [-0.1, -0.05) is 50.1 Å². The number of carbonyl (C=O) groups is 1. The van der Waals surface area contributed by atoms with Crippen LogP contribution in [0.3, 0.4) is 0 Å². The van der Waals surface area contributed by atoms with Gasteiger partial charge in [0.05, 0.1) is 17.6 Å². The van der Waals surface area contributed by atoms with E-state index in [9.17, 15) is 13.2 Å². The van der Waals surface area contributed by atoms with Gasteiger partial charge in [0.1, 0.15) is 5.75 Å². The highest BCUT2D eigenvalue weighted by Gasteiger charge is 2.08. The van der Waals surface area contributed by atoms with Crippen LogP contribution in [0.5, 0.6) is 5.75 Å². The zero-order valence-corrected chi connectivity index (χ0v) is 16.0. The number of sulfonamides is 1. The molecule has 0 aromatic heterocycles. The number of amides is 1. The minimum atomic E-state index is -3.50. The molecule has 0 fully saturated rings. The number of hydrogen-bond acceptors (Lipinski definition) is 4. The number of hydrogen-bond donors (Lipinski definition) is 2. The van der Waals surface area contributed by atoms with Crippen LogP contribution in [0.25, 0.3) is 0 Å². The minimum absolute atomic E-state index is 0.148. The average Bonchev–Trinajstić information content (AvgIpc) is 2.56. The summed E-state index contributed by atoms with van der Waals surface area (Å²) >= 11 is 5.65. The van der Waals surface area contributed by atoms with Gasteiger partial charge in [-0.2, -0.15) is 0 Å². The monoisotopic (exact) mass is 386 g/mol. The number of rotatable bonds is 3. The highest BCUT2D eigenvalue weighted by Crippen LogP contribution is 2.21. The molecule has 0 bridgehead atoms. The summed E-state index contributed by atoms with van der Waals surface area (Å²) < 4.78 is 26.1. The van der Waals surface area contributed by atoms with Crippen molar-refractivity contribution in [3.63, 3.8) is 0 Å². The molecule has 1 amide bonds. The lowest BCUT2D eigenvalue weighted by Crippen LogP contribution is -2.12. The Hall–Kier alpha value is -2.09. The Morgan fingerprint density at radius 3 is 2.00 bits per heavy atom. The minimum Gasteiger partial charge on any atom is -0.496 e. The van der Waals surface area contributed by atoms with E-state index in [1.54, 1.807) is 30.3 Å². The van der Waals surface area contributed by atoms with Crippen molar-refractivity contribution in [3.8, 4) is 5.75 Å². The predicted molar refractivity (Wildman–Crippen MR) is 100 cm³/mol. The molecular weight excluding hydrogens is 364 g/mol. The largest absolute Gasteiger partial charge is 0.496 e. The molecule has 0 saturated heterocycles. The van der Waals surface area contributed by atoms with E-state index in [4.69, 9.17) is 27.2 Å². The number of benzene rings is 2. The fourth-order valence-corrected chi connectivity index (χ4v) is 2.19. The summed E-state index contributed by atoms with van der Waals surface area (Å²) in [6, 6.07) is 12.6. The van der Waals surface area contributed by atoms with Crippen molar-refractivity contribution in [3.05, 3.63) is 59.1 Å². The van der Waals surface area contributed by atoms with Crippen molar-refractivity contribution in [2.45, 2.75) is 25.2 Å². The summed E-state index contributed by atoms with van der Waals surface area (Å²) in [5, 5.41) is 5.29. The summed E-state index contributed by atoms with van der Waals surface area (Å²) in [4.78, 5) is 11.0. The number of ether oxygens (including phenoxy) is 1. The van der Waals surface area contributed by atoms with Gasteiger partial charge in [0, 0.05) is 5.02 Å². The number of primary sulfonamides is 1. The normalized spacial score (nSPS) is 9.80. The quantitative estimate of drug-likeness (QED) is 0.843. The number of halogens is 1. The van der Waals surface area contributed by atoms with Crippen molar-refractivity contribution in [2.24, 2.45) is 10.9 Å². The van der Waals surface area contributed by atoms with Gasteiger partial charge in [-0.3, -0.25) is 4.79 Å². The van der Waals surface area contributed by atoms with Gasteiger partial charge in [-0.15, -0.1) is 0 Å². The van der Waals surface area contributed by atoms with Crippen LogP contribution in [0.4, 0.5) is 0 Å². The summed E-state index contributed by atoms with van der Waals surface area (Å²) in [7, 11) is -2.03. The average molecular weight is 387 g/mol. The molecule has 25 heavy (non-hydrogen) atoms. The molecule has 8 heteroatoms. The second kappa shape index (κ2) is 11.5. The second-order valence-electron chi connectivity index (χ2n) is 4.77. The van der Waals surface area contributed by atoms with E-state index >= 15 is 0 Å². The van der Waals surface area contributed by atoms with Gasteiger partial charge in [0.15, 0.2) is 0 Å². The van der Waals surface area contributed by atoms with E-state index in [2.05, 4.69) is 13.8 Å². The van der Waals surface area contributed by atoms with Crippen molar-refractivity contribution in [1.29, 1.82) is 0 Å². The van der Waals surface area contributed by atoms with Gasteiger partial charge < -0.3 is 10.5 Å². The summed E-state index contributed by atoms with van der Waals surface area (Å²) in [5.74, 6) is -0.110. The van der Waals surface area contributed by atoms with Crippen LogP contribution in [0.1, 0.15) is 30.6 Å². The molecule has 0 radical (unpaired) electrons. The van der Waals surface area contributed by atoms with Crippen LogP contribution < -0.4 is 15.6 Å². The van der Waals surface area contributed by atoms with E-state index in [-0.39, 0.29) is 4.90 Å². The van der Waals surface area contributed by atoms with E-state index in [0.717, 1.165) is 0 Å². The molecule has 0 atom stereocenters. The maximum absolute atomic E-state index is 10.8. The first-order valence-corrected chi connectivity index (χ1v) is 9.30. The lowest BCUT2D eigenvalue weighted by molar-refractivity contribution is 0.0997. The summed E-state index contributed by atoms with van der Waals surface area (Å²) in [5.41, 5.74) is 5.38. The number of methoxy groups -OCH3 is 1. The molecule has 138 valence electrons. The lowest BCUT2D eigenvalue weighted by atomic mass is 10.2. The van der Waals surface area contributed by atoms with Crippen LogP contribution >= 0.6 is 11.6 Å². The SMILES string of the molecule is CCC.COc1ccc(Cl)cc1C(N)=O.NS(=O)(=O)c1ccccc1. The van der Waals surface area contributed by atoms with Gasteiger partial charge >= 0.3 is 0 Å². The van der Waals surface area contributed by atoms with E-state index < -0.39 is 15.9 Å². The van der Waals surface area contributed by atoms with Crippen LogP contribution in [0.15, 0.2) is 53.4 Å². The van der Waals surface area contributed by atoms with Crippen LogP contribution in [0.2, 0.25) is 5.02 Å². The van der Waals surface area contributed by atoms with Crippen molar-refractivity contribution in [1.82, 2.24) is 0 Å². The molecule has 2 aromatic carbocycles. The van der Waals surface area contributed by atoms with Crippen molar-refractivity contribution >= 4 is 27.5 Å². The Balaban J connectivity index is 0.000000403. The molecule has 0 unspecified atom stereocenters. The molecule has 2 rings (SSSR count). The van der Waals surface area contributed by atoms with Gasteiger partial charge in [0.2, 0.25) is 10.0 Å².